The van der Waals surface area contributed by atoms with Crippen molar-refractivity contribution in [3.8, 4) is 16.9 Å². The number of hydrogen-bond donors (Lipinski definition) is 1. The van der Waals surface area contributed by atoms with E-state index in [0.717, 1.165) is 27.9 Å². The summed E-state index contributed by atoms with van der Waals surface area (Å²) in [6.07, 6.45) is 3.48. The maximum absolute atomic E-state index is 5.98. The van der Waals surface area contributed by atoms with Crippen molar-refractivity contribution in [1.29, 1.82) is 0 Å². The standard InChI is InChI=1S/C14H14N4O/c1-18-7-11(9-4-3-5-10(6-9)19-2)12-13(15)16-8-17-14(12)18/h3-8H,1-2H3,(H2,15,16,17). The number of aryl methyl sites for hydroxylation is 1. The predicted octanol–water partition coefficient (Wildman–Crippen LogP) is 2.23. The predicted molar refractivity (Wildman–Crippen MR) is 74.9 cm³/mol. The minimum absolute atomic E-state index is 0.489. The number of fused-ring (bicyclic) bond motifs is 1. The molecule has 5 nitrogen and oxygen atoms in total. The Morgan fingerprint density at radius 1 is 1.26 bits per heavy atom. The molecule has 5 heteroatoms. The van der Waals surface area contributed by atoms with E-state index in [9.17, 15) is 0 Å². The van der Waals surface area contributed by atoms with Gasteiger partial charge in [0, 0.05) is 18.8 Å². The number of nitrogens with zero attached hydrogens (tertiary/aromatic N) is 3. The van der Waals surface area contributed by atoms with E-state index >= 15 is 0 Å². The molecule has 2 N–H and O–H groups in total. The first-order valence-corrected chi connectivity index (χ1v) is 5.90. The van der Waals surface area contributed by atoms with Crippen molar-refractivity contribution in [3.05, 3.63) is 36.8 Å². The van der Waals surface area contributed by atoms with Gasteiger partial charge in [-0.15, -0.1) is 0 Å². The summed E-state index contributed by atoms with van der Waals surface area (Å²) in [5.41, 5.74) is 8.85. The van der Waals surface area contributed by atoms with Crippen LogP contribution < -0.4 is 10.5 Å². The van der Waals surface area contributed by atoms with Gasteiger partial charge in [0.2, 0.25) is 0 Å². The Balaban J connectivity index is 2.30. The van der Waals surface area contributed by atoms with Crippen LogP contribution in [0.15, 0.2) is 36.8 Å². The summed E-state index contributed by atoms with van der Waals surface area (Å²) in [5, 5.41) is 0.873. The van der Waals surface area contributed by atoms with Gasteiger partial charge in [-0.3, -0.25) is 0 Å². The second kappa shape index (κ2) is 4.28. The molecular formula is C14H14N4O. The maximum Gasteiger partial charge on any atom is 0.145 e. The number of nitrogens with two attached hydrogens (primary N) is 1. The number of rotatable bonds is 2. The first-order chi connectivity index (χ1) is 9.20. The zero-order chi connectivity index (χ0) is 13.4. The minimum atomic E-state index is 0.489. The summed E-state index contributed by atoms with van der Waals surface area (Å²) < 4.78 is 7.20. The fraction of sp³-hybridized carbons (Fsp3) is 0.143. The van der Waals surface area contributed by atoms with Crippen molar-refractivity contribution < 1.29 is 4.74 Å². The first-order valence-electron chi connectivity index (χ1n) is 5.90. The highest BCUT2D eigenvalue weighted by molar-refractivity contribution is 6.00. The van der Waals surface area contributed by atoms with Gasteiger partial charge in [-0.2, -0.15) is 0 Å². The minimum Gasteiger partial charge on any atom is -0.497 e. The Morgan fingerprint density at radius 3 is 2.89 bits per heavy atom. The maximum atomic E-state index is 5.98. The highest BCUT2D eigenvalue weighted by atomic mass is 16.5. The molecule has 2 heterocycles. The highest BCUT2D eigenvalue weighted by Crippen LogP contribution is 2.33. The second-order valence-corrected chi connectivity index (χ2v) is 4.34. The highest BCUT2D eigenvalue weighted by Gasteiger charge is 2.13. The summed E-state index contributed by atoms with van der Waals surface area (Å²) >= 11 is 0. The fourth-order valence-electron chi connectivity index (χ4n) is 2.24. The van der Waals surface area contributed by atoms with E-state index in [1.807, 2.05) is 42.1 Å². The molecule has 0 amide bonds. The Bertz CT molecular complexity index is 748. The lowest BCUT2D eigenvalue weighted by Gasteiger charge is -2.04. The molecule has 0 unspecified atom stereocenters. The quantitative estimate of drug-likeness (QED) is 0.761. The fourth-order valence-corrected chi connectivity index (χ4v) is 2.24. The number of ether oxygens (including phenoxy) is 1. The van der Waals surface area contributed by atoms with Crippen LogP contribution in [0.2, 0.25) is 0 Å². The molecule has 2 aromatic heterocycles. The third-order valence-corrected chi connectivity index (χ3v) is 3.16. The molecule has 0 bridgehead atoms. The van der Waals surface area contributed by atoms with Gasteiger partial charge in [0.15, 0.2) is 0 Å². The Labute approximate surface area is 110 Å². The summed E-state index contributed by atoms with van der Waals surface area (Å²) in [7, 11) is 3.60. The van der Waals surface area contributed by atoms with Crippen LogP contribution in [0.1, 0.15) is 0 Å². The Kier molecular flexibility index (Phi) is 2.59. The third kappa shape index (κ3) is 1.79. The summed E-state index contributed by atoms with van der Waals surface area (Å²) in [6, 6.07) is 7.85. The zero-order valence-electron chi connectivity index (χ0n) is 10.8. The van der Waals surface area contributed by atoms with Crippen LogP contribution in [0.3, 0.4) is 0 Å². The van der Waals surface area contributed by atoms with Gasteiger partial charge in [0.05, 0.1) is 12.5 Å². The van der Waals surface area contributed by atoms with Crippen molar-refractivity contribution in [3.63, 3.8) is 0 Å². The van der Waals surface area contributed by atoms with Crippen molar-refractivity contribution in [2.75, 3.05) is 12.8 Å². The molecule has 19 heavy (non-hydrogen) atoms. The zero-order valence-corrected chi connectivity index (χ0v) is 10.8. The molecule has 0 atom stereocenters. The molecule has 1 aromatic carbocycles. The van der Waals surface area contributed by atoms with Crippen molar-refractivity contribution in [2.24, 2.45) is 7.05 Å². The van der Waals surface area contributed by atoms with Crippen molar-refractivity contribution >= 4 is 16.9 Å². The molecule has 0 aliphatic heterocycles. The van der Waals surface area contributed by atoms with Gasteiger partial charge < -0.3 is 15.0 Å². The van der Waals surface area contributed by atoms with E-state index in [1.54, 1.807) is 7.11 Å². The van der Waals surface area contributed by atoms with Gasteiger partial charge in [-0.1, -0.05) is 12.1 Å². The number of hydrogen-bond acceptors (Lipinski definition) is 4. The molecular weight excluding hydrogens is 240 g/mol. The summed E-state index contributed by atoms with van der Waals surface area (Å²) in [4.78, 5) is 8.34. The van der Waals surface area contributed by atoms with Crippen LogP contribution in [-0.4, -0.2) is 21.6 Å². The number of nitrogen functional groups attached to an aromatic ring is 1. The molecule has 0 spiro atoms. The van der Waals surface area contributed by atoms with Crippen molar-refractivity contribution in [2.45, 2.75) is 0 Å². The molecule has 0 radical (unpaired) electrons. The van der Waals surface area contributed by atoms with Gasteiger partial charge in [0.25, 0.3) is 0 Å². The largest absolute Gasteiger partial charge is 0.497 e. The van der Waals surface area contributed by atoms with E-state index < -0.39 is 0 Å². The average molecular weight is 254 g/mol. The van der Waals surface area contributed by atoms with Crippen molar-refractivity contribution in [1.82, 2.24) is 14.5 Å². The van der Waals surface area contributed by atoms with Crippen LogP contribution in [0, 0.1) is 0 Å². The Morgan fingerprint density at radius 2 is 2.11 bits per heavy atom. The number of benzene rings is 1. The summed E-state index contributed by atoms with van der Waals surface area (Å²) in [6.45, 7) is 0. The smallest absolute Gasteiger partial charge is 0.145 e. The van der Waals surface area contributed by atoms with Gasteiger partial charge in [0.1, 0.15) is 23.5 Å². The van der Waals surface area contributed by atoms with Gasteiger partial charge in [-0.25, -0.2) is 9.97 Å². The van der Waals surface area contributed by atoms with Crippen LogP contribution >= 0.6 is 0 Å². The topological polar surface area (TPSA) is 66.0 Å². The van der Waals surface area contributed by atoms with Crippen LogP contribution in [0.25, 0.3) is 22.2 Å². The second-order valence-electron chi connectivity index (χ2n) is 4.34. The number of methoxy groups -OCH3 is 1. The van der Waals surface area contributed by atoms with E-state index in [0.29, 0.717) is 5.82 Å². The van der Waals surface area contributed by atoms with E-state index in [4.69, 9.17) is 10.5 Å². The first kappa shape index (κ1) is 11.5. The van der Waals surface area contributed by atoms with Gasteiger partial charge in [-0.05, 0) is 17.7 Å². The molecule has 0 fully saturated rings. The van der Waals surface area contributed by atoms with E-state index in [2.05, 4.69) is 9.97 Å². The van der Waals surface area contributed by atoms with E-state index in [-0.39, 0.29) is 0 Å². The molecule has 3 aromatic rings. The molecule has 0 saturated carbocycles. The lowest BCUT2D eigenvalue weighted by molar-refractivity contribution is 0.415. The lowest BCUT2D eigenvalue weighted by atomic mass is 10.1. The monoisotopic (exact) mass is 254 g/mol. The molecule has 96 valence electrons. The summed E-state index contributed by atoms with van der Waals surface area (Å²) in [5.74, 6) is 1.30. The average Bonchev–Trinajstić information content (AvgIpc) is 2.78. The van der Waals surface area contributed by atoms with E-state index in [1.165, 1.54) is 6.33 Å². The van der Waals surface area contributed by atoms with Gasteiger partial charge >= 0.3 is 0 Å². The van der Waals surface area contributed by atoms with Crippen LogP contribution in [0.4, 0.5) is 5.82 Å². The molecule has 0 saturated heterocycles. The Hall–Kier alpha value is -2.56. The van der Waals surface area contributed by atoms with Crippen LogP contribution in [-0.2, 0) is 7.05 Å². The lowest BCUT2D eigenvalue weighted by Crippen LogP contribution is -1.94. The van der Waals surface area contributed by atoms with Crippen LogP contribution in [0.5, 0.6) is 5.75 Å². The number of aromatic nitrogens is 3. The molecule has 0 aliphatic carbocycles. The molecule has 3 rings (SSSR count). The number of anilines is 1. The third-order valence-electron chi connectivity index (χ3n) is 3.16. The normalized spacial score (nSPS) is 10.8. The SMILES string of the molecule is COc1cccc(-c2cn(C)c3ncnc(N)c23)c1. The molecule has 0 aliphatic rings.